The average molecular weight is 449 g/mol. The van der Waals surface area contributed by atoms with Gasteiger partial charge in [-0.25, -0.2) is 4.99 Å². The fourth-order valence-electron chi connectivity index (χ4n) is 3.75. The van der Waals surface area contributed by atoms with Gasteiger partial charge in [-0.05, 0) is 59.6 Å². The van der Waals surface area contributed by atoms with Crippen LogP contribution in [-0.4, -0.2) is 11.8 Å². The van der Waals surface area contributed by atoms with Crippen molar-refractivity contribution in [1.82, 2.24) is 0 Å². The molecule has 0 N–H and O–H groups in total. The van der Waals surface area contributed by atoms with Gasteiger partial charge in [0.15, 0.2) is 0 Å². The molecule has 0 unspecified atom stereocenters. The maximum Gasteiger partial charge on any atom is 0.252 e. The van der Waals surface area contributed by atoms with E-state index < -0.39 is 4.75 Å². The van der Waals surface area contributed by atoms with Crippen LogP contribution in [0.25, 0.3) is 0 Å². The molecule has 0 spiro atoms. The van der Waals surface area contributed by atoms with Crippen LogP contribution in [0.4, 0.5) is 5.69 Å². The number of thioether (sulfide) groups is 1. The van der Waals surface area contributed by atoms with Crippen molar-refractivity contribution in [2.45, 2.75) is 11.7 Å². The Labute approximate surface area is 199 Å². The van der Waals surface area contributed by atoms with Gasteiger partial charge in [-0.3, -0.25) is 0 Å². The lowest BCUT2D eigenvalue weighted by Gasteiger charge is -2.35. The number of hydrogen-bond donors (Lipinski definition) is 0. The molecule has 0 bridgehead atoms. The van der Waals surface area contributed by atoms with Crippen molar-refractivity contribution in [2.75, 3.05) is 6.61 Å². The Morgan fingerprint density at radius 1 is 0.758 bits per heavy atom. The SMILES string of the molecule is CCOC(=Nc1ccc(C#N)cc1)SC(c1ccccc1)(c1ccccc1)c1ccccc1. The first-order chi connectivity index (χ1) is 16.3. The maximum atomic E-state index is 9.11. The van der Waals surface area contributed by atoms with Crippen LogP contribution in [-0.2, 0) is 9.48 Å². The lowest BCUT2D eigenvalue weighted by molar-refractivity contribution is 0.338. The van der Waals surface area contributed by atoms with Gasteiger partial charge in [-0.15, -0.1) is 0 Å². The van der Waals surface area contributed by atoms with Crippen LogP contribution in [0.2, 0.25) is 0 Å². The van der Waals surface area contributed by atoms with Crippen molar-refractivity contribution in [3.63, 3.8) is 0 Å². The molecule has 0 atom stereocenters. The van der Waals surface area contributed by atoms with Gasteiger partial charge in [0, 0.05) is 0 Å². The van der Waals surface area contributed by atoms with Crippen LogP contribution in [0.5, 0.6) is 0 Å². The lowest BCUT2D eigenvalue weighted by Crippen LogP contribution is -2.28. The minimum atomic E-state index is -0.565. The molecular weight excluding hydrogens is 424 g/mol. The van der Waals surface area contributed by atoms with Crippen LogP contribution in [0, 0.1) is 11.3 Å². The van der Waals surface area contributed by atoms with Crippen LogP contribution in [0.3, 0.4) is 0 Å². The molecule has 162 valence electrons. The van der Waals surface area contributed by atoms with Crippen molar-refractivity contribution < 1.29 is 4.74 Å². The number of nitriles is 1. The van der Waals surface area contributed by atoms with Gasteiger partial charge in [0.1, 0.15) is 0 Å². The molecular formula is C29H24N2OS. The van der Waals surface area contributed by atoms with Gasteiger partial charge in [0.05, 0.1) is 28.7 Å². The Morgan fingerprint density at radius 2 is 1.21 bits per heavy atom. The molecule has 0 amide bonds. The molecule has 4 aromatic rings. The molecule has 4 heteroatoms. The van der Waals surface area contributed by atoms with Crippen LogP contribution < -0.4 is 0 Å². The summed E-state index contributed by atoms with van der Waals surface area (Å²) in [5.74, 6) is 0. The van der Waals surface area contributed by atoms with Crippen LogP contribution >= 0.6 is 11.8 Å². The van der Waals surface area contributed by atoms with E-state index in [0.717, 1.165) is 22.4 Å². The minimum Gasteiger partial charge on any atom is -0.473 e. The first kappa shape index (κ1) is 22.4. The van der Waals surface area contributed by atoms with E-state index >= 15 is 0 Å². The minimum absolute atomic E-state index is 0.497. The van der Waals surface area contributed by atoms with Crippen molar-refractivity contribution >= 4 is 22.7 Å². The zero-order chi connectivity index (χ0) is 22.9. The summed E-state index contributed by atoms with van der Waals surface area (Å²) in [4.78, 5) is 4.83. The highest BCUT2D eigenvalue weighted by Gasteiger charge is 2.39. The quantitative estimate of drug-likeness (QED) is 0.176. The van der Waals surface area contributed by atoms with Crippen LogP contribution in [0.1, 0.15) is 29.2 Å². The molecule has 0 aliphatic heterocycles. The van der Waals surface area contributed by atoms with E-state index in [4.69, 9.17) is 15.0 Å². The monoisotopic (exact) mass is 448 g/mol. The second-order valence-electron chi connectivity index (χ2n) is 7.35. The molecule has 0 saturated carbocycles. The zero-order valence-electron chi connectivity index (χ0n) is 18.4. The van der Waals surface area contributed by atoms with E-state index in [9.17, 15) is 0 Å². The van der Waals surface area contributed by atoms with E-state index in [1.54, 1.807) is 23.9 Å². The molecule has 0 aliphatic rings. The average Bonchev–Trinajstić information content (AvgIpc) is 2.89. The number of ether oxygens (including phenoxy) is 1. The fraction of sp³-hybridized carbons (Fsp3) is 0.103. The molecule has 0 aromatic heterocycles. The highest BCUT2D eigenvalue weighted by atomic mass is 32.2. The maximum absolute atomic E-state index is 9.11. The second-order valence-corrected chi connectivity index (χ2v) is 8.52. The third-order valence-electron chi connectivity index (χ3n) is 5.27. The smallest absolute Gasteiger partial charge is 0.252 e. The predicted molar refractivity (Wildman–Crippen MR) is 137 cm³/mol. The summed E-state index contributed by atoms with van der Waals surface area (Å²) < 4.78 is 5.51. The summed E-state index contributed by atoms with van der Waals surface area (Å²) in [5, 5.41) is 9.68. The Morgan fingerprint density at radius 3 is 1.61 bits per heavy atom. The molecule has 4 rings (SSSR count). The predicted octanol–water partition coefficient (Wildman–Crippen LogP) is 7.31. The van der Waals surface area contributed by atoms with Gasteiger partial charge in [0.25, 0.3) is 5.23 Å². The van der Waals surface area contributed by atoms with E-state index in [-0.39, 0.29) is 0 Å². The third kappa shape index (κ3) is 5.00. The summed E-state index contributed by atoms with van der Waals surface area (Å²) in [6.45, 7) is 2.46. The molecule has 0 aliphatic carbocycles. The summed E-state index contributed by atoms with van der Waals surface area (Å²) in [6.07, 6.45) is 0. The van der Waals surface area contributed by atoms with Gasteiger partial charge in [-0.1, -0.05) is 91.0 Å². The number of rotatable bonds is 6. The first-order valence-corrected chi connectivity index (χ1v) is 11.6. The molecule has 0 saturated heterocycles. The normalized spacial score (nSPS) is 11.6. The molecule has 0 heterocycles. The number of benzene rings is 4. The molecule has 33 heavy (non-hydrogen) atoms. The standard InChI is InChI=1S/C29H24N2OS/c1-2-32-28(31-27-20-18-23(22-30)19-21-27)33-29(24-12-6-3-7-13-24,25-14-8-4-9-15-25)26-16-10-5-11-17-26/h3-21H,2H2,1H3. The molecule has 4 aromatic carbocycles. The molecule has 3 nitrogen and oxygen atoms in total. The summed E-state index contributed by atoms with van der Waals surface area (Å²) >= 11 is 1.59. The number of hydrogen-bond acceptors (Lipinski definition) is 4. The second kappa shape index (κ2) is 10.7. The Balaban J connectivity index is 1.91. The van der Waals surface area contributed by atoms with E-state index in [0.29, 0.717) is 17.4 Å². The van der Waals surface area contributed by atoms with E-state index in [2.05, 4.69) is 78.9 Å². The van der Waals surface area contributed by atoms with E-state index in [1.165, 1.54) is 0 Å². The highest BCUT2D eigenvalue weighted by molar-refractivity contribution is 8.14. The Bertz CT molecular complexity index is 1140. The summed E-state index contributed by atoms with van der Waals surface area (Å²) in [6, 6.07) is 40.8. The van der Waals surface area contributed by atoms with Crippen molar-refractivity contribution in [3.8, 4) is 6.07 Å². The first-order valence-electron chi connectivity index (χ1n) is 10.8. The third-order valence-corrected chi connectivity index (χ3v) is 6.66. The lowest BCUT2D eigenvalue weighted by atomic mass is 9.84. The van der Waals surface area contributed by atoms with Gasteiger partial charge >= 0.3 is 0 Å². The molecule has 0 fully saturated rings. The van der Waals surface area contributed by atoms with Gasteiger partial charge in [0.2, 0.25) is 0 Å². The zero-order valence-corrected chi connectivity index (χ0v) is 19.2. The summed E-state index contributed by atoms with van der Waals surface area (Å²) in [7, 11) is 0. The molecule has 0 radical (unpaired) electrons. The van der Waals surface area contributed by atoms with E-state index in [1.807, 2.05) is 37.3 Å². The van der Waals surface area contributed by atoms with Gasteiger partial charge in [-0.2, -0.15) is 5.26 Å². The largest absolute Gasteiger partial charge is 0.473 e. The van der Waals surface area contributed by atoms with Crippen molar-refractivity contribution in [2.24, 2.45) is 4.99 Å². The van der Waals surface area contributed by atoms with Crippen LogP contribution in [0.15, 0.2) is 120 Å². The Kier molecular flexibility index (Phi) is 7.24. The van der Waals surface area contributed by atoms with Crippen molar-refractivity contribution in [1.29, 1.82) is 5.26 Å². The summed E-state index contributed by atoms with van der Waals surface area (Å²) in [5.41, 5.74) is 4.76. The van der Waals surface area contributed by atoms with Gasteiger partial charge < -0.3 is 4.74 Å². The fourth-order valence-corrected chi connectivity index (χ4v) is 5.10. The topological polar surface area (TPSA) is 45.4 Å². The van der Waals surface area contributed by atoms with Crippen molar-refractivity contribution in [3.05, 3.63) is 138 Å². The number of nitrogens with zero attached hydrogens (tertiary/aromatic N) is 2. The Hall–Kier alpha value is -3.81. The highest BCUT2D eigenvalue weighted by Crippen LogP contribution is 2.49. The number of aliphatic imine (C=N–C) groups is 1.